The summed E-state index contributed by atoms with van der Waals surface area (Å²) < 4.78 is 26.3. The largest absolute Gasteiger partial charge is 0.472 e. The summed E-state index contributed by atoms with van der Waals surface area (Å²) in [6, 6.07) is 0. The average Bonchev–Trinajstić information content (AvgIpc) is 2.83. The second-order valence-corrected chi connectivity index (χ2v) is 10.1. The lowest BCUT2D eigenvalue weighted by Crippen LogP contribution is -2.27. The fourth-order valence-corrected chi connectivity index (χ4v) is 3.88. The van der Waals surface area contributed by atoms with Crippen molar-refractivity contribution in [1.29, 1.82) is 0 Å². The predicted octanol–water partition coefficient (Wildman–Crippen LogP) is 5.20. The molecule has 0 heterocycles. The summed E-state index contributed by atoms with van der Waals surface area (Å²) in [6.07, 6.45) is 16.5. The third-order valence-corrected chi connectivity index (χ3v) is 6.18. The summed E-state index contributed by atoms with van der Waals surface area (Å²) in [7, 11) is -4.38. The van der Waals surface area contributed by atoms with Crippen molar-refractivity contribution in [3.8, 4) is 0 Å². The SMILES string of the molecule is CCCC/C=C\CCCCCCCC(=O)OCC(O)COP(=O)(O)OCCNC(=O)CCCCC. The van der Waals surface area contributed by atoms with Crippen LogP contribution in [-0.2, 0) is 27.9 Å². The highest BCUT2D eigenvalue weighted by molar-refractivity contribution is 7.47. The van der Waals surface area contributed by atoms with E-state index in [9.17, 15) is 24.2 Å². The van der Waals surface area contributed by atoms with Crippen LogP contribution in [0.15, 0.2) is 12.2 Å². The van der Waals surface area contributed by atoms with Gasteiger partial charge in [0.05, 0.1) is 13.2 Å². The number of nitrogens with one attached hydrogen (secondary N) is 1. The first-order valence-electron chi connectivity index (χ1n) is 13.2. The predicted molar refractivity (Wildman–Crippen MR) is 137 cm³/mol. The van der Waals surface area contributed by atoms with Gasteiger partial charge in [0.15, 0.2) is 0 Å². The Balaban J connectivity index is 3.70. The van der Waals surface area contributed by atoms with Gasteiger partial charge >= 0.3 is 13.8 Å². The highest BCUT2D eigenvalue weighted by Gasteiger charge is 2.23. The number of carbonyl (C=O) groups excluding carboxylic acids is 2. The number of carbonyl (C=O) groups is 2. The molecule has 0 bridgehead atoms. The standard InChI is InChI=1S/C25H48NO8P/c1-3-5-7-8-9-10-11-12-13-14-16-18-25(29)32-21-23(27)22-34-35(30,31)33-20-19-26-24(28)17-15-6-4-2/h8-9,23,27H,3-7,10-22H2,1-2H3,(H,26,28)(H,30,31)/b9-8-. The van der Waals surface area contributed by atoms with E-state index in [1.165, 1.54) is 12.8 Å². The molecule has 0 radical (unpaired) electrons. The lowest BCUT2D eigenvalue weighted by molar-refractivity contribution is -0.147. The summed E-state index contributed by atoms with van der Waals surface area (Å²) >= 11 is 0. The van der Waals surface area contributed by atoms with Gasteiger partial charge in [0.2, 0.25) is 5.91 Å². The number of aliphatic hydroxyl groups is 1. The van der Waals surface area contributed by atoms with Gasteiger partial charge in [-0.25, -0.2) is 4.57 Å². The van der Waals surface area contributed by atoms with Gasteiger partial charge in [-0.2, -0.15) is 0 Å². The molecule has 0 aliphatic carbocycles. The Morgan fingerprint density at radius 3 is 2.20 bits per heavy atom. The van der Waals surface area contributed by atoms with Crippen molar-refractivity contribution in [3.05, 3.63) is 12.2 Å². The first-order chi connectivity index (χ1) is 16.8. The van der Waals surface area contributed by atoms with Gasteiger partial charge in [0.25, 0.3) is 0 Å². The van der Waals surface area contributed by atoms with Crippen molar-refractivity contribution in [2.24, 2.45) is 0 Å². The summed E-state index contributed by atoms with van der Waals surface area (Å²) in [6.45, 7) is 3.27. The molecule has 9 nitrogen and oxygen atoms in total. The average molecular weight is 522 g/mol. The summed E-state index contributed by atoms with van der Waals surface area (Å²) in [5.41, 5.74) is 0. The second kappa shape index (κ2) is 23.2. The Hall–Kier alpha value is -1.25. The van der Waals surface area contributed by atoms with Crippen molar-refractivity contribution in [2.75, 3.05) is 26.4 Å². The number of phosphoric ester groups is 1. The van der Waals surface area contributed by atoms with Gasteiger partial charge in [-0.05, 0) is 32.1 Å². The van der Waals surface area contributed by atoms with E-state index in [4.69, 9.17) is 13.8 Å². The normalized spacial score (nSPS) is 14.1. The zero-order valence-corrected chi connectivity index (χ0v) is 22.6. The third kappa shape index (κ3) is 24.2. The van der Waals surface area contributed by atoms with E-state index in [1.54, 1.807) is 0 Å². The van der Waals surface area contributed by atoms with Crippen LogP contribution in [0, 0.1) is 0 Å². The van der Waals surface area contributed by atoms with Crippen LogP contribution < -0.4 is 5.32 Å². The van der Waals surface area contributed by atoms with Crippen LogP contribution in [0.25, 0.3) is 0 Å². The van der Waals surface area contributed by atoms with E-state index >= 15 is 0 Å². The van der Waals surface area contributed by atoms with Crippen molar-refractivity contribution in [1.82, 2.24) is 5.32 Å². The molecule has 0 spiro atoms. The van der Waals surface area contributed by atoms with Gasteiger partial charge in [-0.3, -0.25) is 18.6 Å². The minimum Gasteiger partial charge on any atom is -0.463 e. The number of unbranched alkanes of at least 4 members (excludes halogenated alkanes) is 9. The number of aliphatic hydroxyl groups excluding tert-OH is 1. The molecule has 0 aliphatic rings. The van der Waals surface area contributed by atoms with Crippen molar-refractivity contribution >= 4 is 19.7 Å². The zero-order chi connectivity index (χ0) is 26.2. The lowest BCUT2D eigenvalue weighted by Gasteiger charge is -2.15. The Bertz CT molecular complexity index is 614. The molecular formula is C25H48NO8P. The maximum Gasteiger partial charge on any atom is 0.472 e. The molecule has 0 aliphatic heterocycles. The molecule has 2 atom stereocenters. The molecule has 0 aromatic rings. The van der Waals surface area contributed by atoms with Crippen LogP contribution in [0.4, 0.5) is 0 Å². The smallest absolute Gasteiger partial charge is 0.463 e. The molecule has 1 amide bonds. The highest BCUT2D eigenvalue weighted by atomic mass is 31.2. The van der Waals surface area contributed by atoms with Crippen LogP contribution in [0.2, 0.25) is 0 Å². The third-order valence-electron chi connectivity index (χ3n) is 5.20. The minimum absolute atomic E-state index is 0.0785. The van der Waals surface area contributed by atoms with Crippen molar-refractivity contribution < 1.29 is 37.9 Å². The van der Waals surface area contributed by atoms with Crippen molar-refractivity contribution in [3.63, 3.8) is 0 Å². The van der Waals surface area contributed by atoms with E-state index in [1.807, 2.05) is 6.92 Å². The zero-order valence-electron chi connectivity index (χ0n) is 21.8. The number of esters is 1. The molecule has 35 heavy (non-hydrogen) atoms. The van der Waals surface area contributed by atoms with E-state index in [0.717, 1.165) is 64.2 Å². The maximum atomic E-state index is 11.8. The van der Waals surface area contributed by atoms with Gasteiger partial charge < -0.3 is 20.1 Å². The molecule has 0 saturated carbocycles. The Kier molecular flexibility index (Phi) is 22.3. The Labute approximate surface area is 211 Å². The van der Waals surface area contributed by atoms with Crippen molar-refractivity contribution in [2.45, 2.75) is 110 Å². The summed E-state index contributed by atoms with van der Waals surface area (Å²) in [5, 5.41) is 12.4. The minimum atomic E-state index is -4.38. The van der Waals surface area contributed by atoms with Gasteiger partial charge in [0, 0.05) is 19.4 Å². The molecule has 10 heteroatoms. The molecule has 0 aromatic heterocycles. The lowest BCUT2D eigenvalue weighted by atomic mass is 10.1. The van der Waals surface area contributed by atoms with Gasteiger partial charge in [-0.1, -0.05) is 70.9 Å². The van der Waals surface area contributed by atoms with Gasteiger partial charge in [-0.15, -0.1) is 0 Å². The molecular weight excluding hydrogens is 473 g/mol. The van der Waals surface area contributed by atoms with Crippen LogP contribution in [0.1, 0.15) is 104 Å². The number of hydrogen-bond acceptors (Lipinski definition) is 7. The fraction of sp³-hybridized carbons (Fsp3) is 0.840. The number of ether oxygens (including phenoxy) is 1. The maximum absolute atomic E-state index is 11.8. The molecule has 0 rings (SSSR count). The molecule has 0 aromatic carbocycles. The molecule has 206 valence electrons. The molecule has 0 saturated heterocycles. The monoisotopic (exact) mass is 521 g/mol. The second-order valence-electron chi connectivity index (χ2n) is 8.66. The fourth-order valence-electron chi connectivity index (χ4n) is 3.12. The number of rotatable bonds is 24. The summed E-state index contributed by atoms with van der Waals surface area (Å²) in [5.74, 6) is -0.556. The van der Waals surface area contributed by atoms with Crippen LogP contribution in [0.3, 0.4) is 0 Å². The van der Waals surface area contributed by atoms with E-state index in [-0.39, 0.29) is 32.1 Å². The van der Waals surface area contributed by atoms with E-state index < -0.39 is 26.5 Å². The van der Waals surface area contributed by atoms with Crippen LogP contribution in [0.5, 0.6) is 0 Å². The number of phosphoric acid groups is 1. The topological polar surface area (TPSA) is 131 Å². The van der Waals surface area contributed by atoms with E-state index in [2.05, 4.69) is 24.4 Å². The first-order valence-corrected chi connectivity index (χ1v) is 14.7. The summed E-state index contributed by atoms with van der Waals surface area (Å²) in [4.78, 5) is 33.0. The quantitative estimate of drug-likeness (QED) is 0.0684. The molecule has 3 N–H and O–H groups in total. The first kappa shape index (κ1) is 33.8. The Morgan fingerprint density at radius 2 is 1.49 bits per heavy atom. The van der Waals surface area contributed by atoms with Crippen LogP contribution in [-0.4, -0.2) is 54.3 Å². The molecule has 0 fully saturated rings. The highest BCUT2D eigenvalue weighted by Crippen LogP contribution is 2.42. The van der Waals surface area contributed by atoms with E-state index in [0.29, 0.717) is 6.42 Å². The number of allylic oxidation sites excluding steroid dienone is 2. The van der Waals surface area contributed by atoms with Crippen LogP contribution >= 0.6 is 7.82 Å². The van der Waals surface area contributed by atoms with Gasteiger partial charge in [0.1, 0.15) is 12.7 Å². The number of hydrogen-bond donors (Lipinski definition) is 3. The number of amides is 1. The Morgan fingerprint density at radius 1 is 0.857 bits per heavy atom. The molecule has 2 unspecified atom stereocenters.